The van der Waals surface area contributed by atoms with Crippen molar-refractivity contribution in [3.8, 4) is 0 Å². The molecule has 0 aliphatic rings. The van der Waals surface area contributed by atoms with Gasteiger partial charge < -0.3 is 10.4 Å². The quantitative estimate of drug-likeness (QED) is 0.646. The van der Waals surface area contributed by atoms with Crippen molar-refractivity contribution in [3.63, 3.8) is 0 Å². The Labute approximate surface area is 120 Å². The highest BCUT2D eigenvalue weighted by atomic mass is 16.6. The van der Waals surface area contributed by atoms with Crippen LogP contribution in [0.4, 0.5) is 11.4 Å². The average molecular weight is 287 g/mol. The van der Waals surface area contributed by atoms with Crippen molar-refractivity contribution in [2.24, 2.45) is 0 Å². The molecule has 0 aliphatic carbocycles. The summed E-state index contributed by atoms with van der Waals surface area (Å²) in [6.07, 6.45) is 2.44. The molecule has 0 amide bonds. The summed E-state index contributed by atoms with van der Waals surface area (Å²) in [5.41, 5.74) is -1.18. The maximum absolute atomic E-state index is 11.7. The van der Waals surface area contributed by atoms with E-state index in [-0.39, 0.29) is 11.4 Å². The van der Waals surface area contributed by atoms with E-state index in [4.69, 9.17) is 0 Å². The van der Waals surface area contributed by atoms with Crippen molar-refractivity contribution < 1.29 is 14.8 Å². The Morgan fingerprint density at radius 3 is 2.57 bits per heavy atom. The zero-order valence-electron chi connectivity index (χ0n) is 11.2. The van der Waals surface area contributed by atoms with Crippen molar-refractivity contribution in [2.45, 2.75) is 12.5 Å². The van der Waals surface area contributed by atoms with Crippen LogP contribution in [-0.4, -0.2) is 21.0 Å². The molecule has 0 spiro atoms. The van der Waals surface area contributed by atoms with Gasteiger partial charge in [-0.05, 0) is 18.6 Å². The molecule has 21 heavy (non-hydrogen) atoms. The molecule has 7 nitrogen and oxygen atoms in total. The lowest BCUT2D eigenvalue weighted by molar-refractivity contribution is -0.384. The molecule has 0 aliphatic heterocycles. The highest BCUT2D eigenvalue weighted by Gasteiger charge is 2.36. The molecule has 2 N–H and O–H groups in total. The van der Waals surface area contributed by atoms with Gasteiger partial charge in [0, 0.05) is 6.20 Å². The van der Waals surface area contributed by atoms with E-state index < -0.39 is 16.4 Å². The molecule has 0 saturated heterocycles. The molecule has 108 valence electrons. The number of rotatable bonds is 5. The summed E-state index contributed by atoms with van der Waals surface area (Å²) >= 11 is 0. The summed E-state index contributed by atoms with van der Waals surface area (Å²) in [7, 11) is 0. The van der Waals surface area contributed by atoms with Gasteiger partial charge in [0.15, 0.2) is 5.54 Å². The third-order valence-corrected chi connectivity index (χ3v) is 3.16. The monoisotopic (exact) mass is 287 g/mol. The minimum Gasteiger partial charge on any atom is -0.479 e. The van der Waals surface area contributed by atoms with Crippen LogP contribution >= 0.6 is 0 Å². The van der Waals surface area contributed by atoms with Crippen LogP contribution in [0.3, 0.4) is 0 Å². The van der Waals surface area contributed by atoms with Crippen LogP contribution in [-0.2, 0) is 10.3 Å². The van der Waals surface area contributed by atoms with Gasteiger partial charge in [-0.1, -0.05) is 30.3 Å². The Kier molecular flexibility index (Phi) is 3.84. The van der Waals surface area contributed by atoms with E-state index in [0.29, 0.717) is 5.56 Å². The molecule has 0 fully saturated rings. The molecule has 0 bridgehead atoms. The number of nitrogens with one attached hydrogen (secondary N) is 1. The Bertz CT molecular complexity index is 675. The smallest absolute Gasteiger partial charge is 0.333 e. The molecule has 7 heteroatoms. The van der Waals surface area contributed by atoms with E-state index >= 15 is 0 Å². The van der Waals surface area contributed by atoms with Crippen molar-refractivity contribution in [3.05, 3.63) is 64.5 Å². The summed E-state index contributed by atoms with van der Waals surface area (Å²) in [6.45, 7) is 1.45. The first-order valence-electron chi connectivity index (χ1n) is 6.10. The molecule has 0 radical (unpaired) electrons. The number of anilines is 1. The van der Waals surface area contributed by atoms with Crippen LogP contribution in [0.25, 0.3) is 0 Å². The Morgan fingerprint density at radius 1 is 1.33 bits per heavy atom. The molecule has 1 aromatic heterocycles. The summed E-state index contributed by atoms with van der Waals surface area (Å²) in [5.74, 6) is -1.14. The van der Waals surface area contributed by atoms with Crippen molar-refractivity contribution >= 4 is 17.3 Å². The number of hydrogen-bond donors (Lipinski definition) is 2. The lowest BCUT2D eigenvalue weighted by Crippen LogP contribution is -2.40. The molecule has 2 aromatic rings. The SMILES string of the molecule is CC(Nc1ccncc1[N+](=O)[O-])(C(=O)O)c1ccccc1. The predicted molar refractivity (Wildman–Crippen MR) is 75.9 cm³/mol. The first kappa shape index (κ1) is 14.4. The lowest BCUT2D eigenvalue weighted by Gasteiger charge is -2.27. The fourth-order valence-electron chi connectivity index (χ4n) is 1.93. The van der Waals surface area contributed by atoms with Crippen LogP contribution in [0.2, 0.25) is 0 Å². The number of carbonyl (C=O) groups is 1. The lowest BCUT2D eigenvalue weighted by atomic mass is 9.91. The summed E-state index contributed by atoms with van der Waals surface area (Å²) < 4.78 is 0. The zero-order valence-corrected chi connectivity index (χ0v) is 11.2. The maximum Gasteiger partial charge on any atom is 0.333 e. The van der Waals surface area contributed by atoms with Gasteiger partial charge in [-0.2, -0.15) is 0 Å². The molecule has 1 unspecified atom stereocenters. The van der Waals surface area contributed by atoms with Crippen LogP contribution in [0.1, 0.15) is 12.5 Å². The minimum atomic E-state index is -1.49. The third-order valence-electron chi connectivity index (χ3n) is 3.16. The molecule has 0 saturated carbocycles. The van der Waals surface area contributed by atoms with Gasteiger partial charge in [-0.15, -0.1) is 0 Å². The fourth-order valence-corrected chi connectivity index (χ4v) is 1.93. The number of aromatic nitrogens is 1. The molecule has 1 heterocycles. The fraction of sp³-hybridized carbons (Fsp3) is 0.143. The second-order valence-corrected chi connectivity index (χ2v) is 4.57. The number of nitro groups is 1. The normalized spacial score (nSPS) is 13.2. The van der Waals surface area contributed by atoms with Gasteiger partial charge in [0.1, 0.15) is 11.9 Å². The van der Waals surface area contributed by atoms with Crippen LogP contribution in [0, 0.1) is 10.1 Å². The first-order valence-corrected chi connectivity index (χ1v) is 6.10. The maximum atomic E-state index is 11.7. The van der Waals surface area contributed by atoms with Gasteiger partial charge >= 0.3 is 11.7 Å². The highest BCUT2D eigenvalue weighted by molar-refractivity contribution is 5.85. The van der Waals surface area contributed by atoms with Gasteiger partial charge in [-0.25, -0.2) is 4.79 Å². The van der Waals surface area contributed by atoms with Gasteiger partial charge in [-0.3, -0.25) is 15.1 Å². The number of carboxylic acid groups (broad SMARTS) is 1. The zero-order chi connectivity index (χ0) is 15.5. The molecular formula is C14H13N3O4. The topological polar surface area (TPSA) is 105 Å². The largest absolute Gasteiger partial charge is 0.479 e. The summed E-state index contributed by atoms with van der Waals surface area (Å²) in [5, 5.41) is 23.3. The number of pyridine rings is 1. The van der Waals surface area contributed by atoms with E-state index in [1.54, 1.807) is 30.3 Å². The highest BCUT2D eigenvalue weighted by Crippen LogP contribution is 2.31. The number of nitrogens with zero attached hydrogens (tertiary/aromatic N) is 2. The molecule has 2 rings (SSSR count). The van der Waals surface area contributed by atoms with Crippen LogP contribution in [0.15, 0.2) is 48.8 Å². The third kappa shape index (κ3) is 2.81. The van der Waals surface area contributed by atoms with E-state index in [9.17, 15) is 20.0 Å². The molecule has 1 atom stereocenters. The second-order valence-electron chi connectivity index (χ2n) is 4.57. The van der Waals surface area contributed by atoms with Crippen LogP contribution in [0.5, 0.6) is 0 Å². The van der Waals surface area contributed by atoms with Crippen molar-refractivity contribution in [2.75, 3.05) is 5.32 Å². The second kappa shape index (κ2) is 5.58. The number of benzene rings is 1. The van der Waals surface area contributed by atoms with Crippen molar-refractivity contribution in [1.29, 1.82) is 0 Å². The molecule has 1 aromatic carbocycles. The number of hydrogen-bond acceptors (Lipinski definition) is 5. The standard InChI is InChI=1S/C14H13N3O4/c1-14(13(18)19,10-5-3-2-4-6-10)16-11-7-8-15-9-12(11)17(20)21/h2-9H,1H3,(H,15,16)(H,18,19). The minimum absolute atomic E-state index is 0.101. The number of aliphatic carboxylic acids is 1. The Balaban J connectivity index is 2.48. The van der Waals surface area contributed by atoms with E-state index in [0.717, 1.165) is 6.20 Å². The van der Waals surface area contributed by atoms with Gasteiger partial charge in [0.25, 0.3) is 0 Å². The first-order chi connectivity index (χ1) is 9.95. The molecular weight excluding hydrogens is 274 g/mol. The number of carboxylic acids is 1. The van der Waals surface area contributed by atoms with Gasteiger partial charge in [0.2, 0.25) is 0 Å². The van der Waals surface area contributed by atoms with Crippen molar-refractivity contribution in [1.82, 2.24) is 4.98 Å². The summed E-state index contributed by atoms with van der Waals surface area (Å²) in [4.78, 5) is 25.7. The average Bonchev–Trinajstić information content (AvgIpc) is 2.48. The van der Waals surface area contributed by atoms with E-state index in [1.165, 1.54) is 19.2 Å². The Hall–Kier alpha value is -2.96. The summed E-state index contributed by atoms with van der Waals surface area (Å²) in [6, 6.07) is 9.85. The van der Waals surface area contributed by atoms with Crippen LogP contribution < -0.4 is 5.32 Å². The van der Waals surface area contributed by atoms with Gasteiger partial charge in [0.05, 0.1) is 4.92 Å². The van der Waals surface area contributed by atoms with E-state index in [2.05, 4.69) is 10.3 Å². The van der Waals surface area contributed by atoms with E-state index in [1.807, 2.05) is 0 Å². The Morgan fingerprint density at radius 2 is 2.00 bits per heavy atom. The predicted octanol–water partition coefficient (Wildman–Crippen LogP) is 2.40.